The highest BCUT2D eigenvalue weighted by Gasteiger charge is 2.24. The Balaban J connectivity index is 1.56. The molecule has 140 valence electrons. The maximum absolute atomic E-state index is 13.2. The predicted molar refractivity (Wildman–Crippen MR) is 92.4 cm³/mol. The van der Waals surface area contributed by atoms with E-state index in [9.17, 15) is 18.7 Å². The molecule has 1 aliphatic rings. The first-order valence-corrected chi connectivity index (χ1v) is 8.67. The fourth-order valence-corrected chi connectivity index (χ4v) is 3.25. The Morgan fingerprint density at radius 2 is 2.15 bits per heavy atom. The van der Waals surface area contributed by atoms with Crippen LogP contribution in [0.4, 0.5) is 14.5 Å². The Bertz CT molecular complexity index is 807. The molecular formula is C18H22F2N4O2. The molecule has 0 spiro atoms. The zero-order valence-corrected chi connectivity index (χ0v) is 14.6. The van der Waals surface area contributed by atoms with Gasteiger partial charge in [0.2, 0.25) is 5.91 Å². The van der Waals surface area contributed by atoms with Crippen molar-refractivity contribution in [2.24, 2.45) is 0 Å². The molecule has 2 N–H and O–H groups in total. The highest BCUT2D eigenvalue weighted by molar-refractivity contribution is 5.90. The van der Waals surface area contributed by atoms with Crippen LogP contribution in [0, 0.1) is 11.6 Å². The van der Waals surface area contributed by atoms with Gasteiger partial charge in [0.15, 0.2) is 11.6 Å². The molecule has 2 aromatic rings. The summed E-state index contributed by atoms with van der Waals surface area (Å²) in [6.07, 6.45) is 1.06. The number of halogens is 2. The third-order valence-corrected chi connectivity index (χ3v) is 4.60. The number of hydrogen-bond donors (Lipinski definition) is 2. The van der Waals surface area contributed by atoms with Crippen LogP contribution in [0.1, 0.15) is 30.3 Å². The van der Waals surface area contributed by atoms with Crippen molar-refractivity contribution in [3.05, 3.63) is 46.8 Å². The smallest absolute Gasteiger partial charge is 0.225 e. The summed E-state index contributed by atoms with van der Waals surface area (Å²) in [6.45, 7) is 4.67. The van der Waals surface area contributed by atoms with Crippen LogP contribution in [0.25, 0.3) is 0 Å². The number of aliphatic hydroxyl groups is 1. The molecule has 1 aromatic heterocycles. The molecule has 0 saturated carbocycles. The van der Waals surface area contributed by atoms with E-state index in [1.165, 1.54) is 6.07 Å². The Morgan fingerprint density at radius 1 is 1.35 bits per heavy atom. The van der Waals surface area contributed by atoms with E-state index in [-0.39, 0.29) is 24.6 Å². The van der Waals surface area contributed by atoms with Gasteiger partial charge >= 0.3 is 0 Å². The van der Waals surface area contributed by atoms with E-state index in [2.05, 4.69) is 15.3 Å². The fraction of sp³-hybridized carbons (Fsp3) is 0.444. The van der Waals surface area contributed by atoms with Gasteiger partial charge in [-0.2, -0.15) is 5.10 Å². The van der Waals surface area contributed by atoms with Crippen LogP contribution >= 0.6 is 0 Å². The second-order valence-electron chi connectivity index (χ2n) is 6.30. The largest absolute Gasteiger partial charge is 0.390 e. The van der Waals surface area contributed by atoms with E-state index in [0.717, 1.165) is 42.9 Å². The molecule has 1 aliphatic heterocycles. The van der Waals surface area contributed by atoms with Crippen molar-refractivity contribution in [1.82, 2.24) is 14.7 Å². The summed E-state index contributed by atoms with van der Waals surface area (Å²) in [5.74, 6) is -2.19. The molecule has 1 aromatic carbocycles. The summed E-state index contributed by atoms with van der Waals surface area (Å²) in [4.78, 5) is 14.2. The Hall–Kier alpha value is -2.32. The third kappa shape index (κ3) is 3.91. The number of hydrogen-bond acceptors (Lipinski definition) is 4. The second-order valence-corrected chi connectivity index (χ2v) is 6.30. The Labute approximate surface area is 150 Å². The van der Waals surface area contributed by atoms with Gasteiger partial charge in [0.1, 0.15) is 0 Å². The van der Waals surface area contributed by atoms with Crippen molar-refractivity contribution in [3.8, 4) is 0 Å². The van der Waals surface area contributed by atoms with Gasteiger partial charge in [0.25, 0.3) is 0 Å². The maximum Gasteiger partial charge on any atom is 0.225 e. The summed E-state index contributed by atoms with van der Waals surface area (Å²) in [5.41, 5.74) is 3.13. The van der Waals surface area contributed by atoms with Crippen LogP contribution in [-0.2, 0) is 30.9 Å². The number of rotatable bonds is 6. The number of aryl methyl sites for hydroxylation is 1. The molecular weight excluding hydrogens is 342 g/mol. The monoisotopic (exact) mass is 364 g/mol. The number of aliphatic hydroxyl groups excluding tert-OH is 1. The van der Waals surface area contributed by atoms with Gasteiger partial charge in [-0.15, -0.1) is 0 Å². The number of anilines is 1. The molecule has 8 heteroatoms. The lowest BCUT2D eigenvalue weighted by molar-refractivity contribution is -0.116. The zero-order valence-electron chi connectivity index (χ0n) is 14.6. The number of nitrogens with one attached hydrogen (secondary N) is 1. The molecule has 0 radical (unpaired) electrons. The molecule has 6 nitrogen and oxygen atoms in total. The number of amides is 1. The second kappa shape index (κ2) is 7.92. The van der Waals surface area contributed by atoms with Gasteiger partial charge < -0.3 is 10.4 Å². The average Bonchev–Trinajstić information content (AvgIpc) is 3.00. The van der Waals surface area contributed by atoms with Crippen molar-refractivity contribution in [1.29, 1.82) is 0 Å². The first kappa shape index (κ1) is 18.5. The van der Waals surface area contributed by atoms with Crippen molar-refractivity contribution in [2.45, 2.75) is 39.5 Å². The lowest BCUT2D eigenvalue weighted by Crippen LogP contribution is -2.34. The van der Waals surface area contributed by atoms with Crippen molar-refractivity contribution >= 4 is 11.6 Å². The van der Waals surface area contributed by atoms with Crippen molar-refractivity contribution < 1.29 is 18.7 Å². The molecule has 0 atom stereocenters. The minimum Gasteiger partial charge on any atom is -0.390 e. The lowest BCUT2D eigenvalue weighted by Gasteiger charge is -2.27. The van der Waals surface area contributed by atoms with Crippen LogP contribution in [0.2, 0.25) is 0 Å². The van der Waals surface area contributed by atoms with Gasteiger partial charge in [-0.3, -0.25) is 14.4 Å². The summed E-state index contributed by atoms with van der Waals surface area (Å²) in [5, 5.41) is 16.5. The molecule has 0 aliphatic carbocycles. The van der Waals surface area contributed by atoms with Gasteiger partial charge in [-0.1, -0.05) is 0 Å². The number of benzene rings is 1. The maximum atomic E-state index is 13.2. The van der Waals surface area contributed by atoms with Gasteiger partial charge in [0, 0.05) is 62.0 Å². The molecule has 3 rings (SSSR count). The number of carbonyl (C=O) groups excluding carboxylic acids is 1. The van der Waals surface area contributed by atoms with E-state index in [0.29, 0.717) is 18.8 Å². The van der Waals surface area contributed by atoms with Crippen molar-refractivity contribution in [3.63, 3.8) is 0 Å². The van der Waals surface area contributed by atoms with E-state index in [4.69, 9.17) is 0 Å². The highest BCUT2D eigenvalue weighted by Crippen LogP contribution is 2.23. The molecule has 0 saturated heterocycles. The molecule has 2 heterocycles. The topological polar surface area (TPSA) is 70.4 Å². The molecule has 0 unspecified atom stereocenters. The van der Waals surface area contributed by atoms with E-state index in [1.807, 2.05) is 11.6 Å². The first-order chi connectivity index (χ1) is 12.5. The number of aromatic nitrogens is 2. The summed E-state index contributed by atoms with van der Waals surface area (Å²) in [7, 11) is 0. The number of fused-ring (bicyclic) bond motifs is 1. The summed E-state index contributed by atoms with van der Waals surface area (Å²) < 4.78 is 28.0. The first-order valence-electron chi connectivity index (χ1n) is 8.67. The Kier molecular flexibility index (Phi) is 5.63. The van der Waals surface area contributed by atoms with Gasteiger partial charge in [-0.05, 0) is 19.1 Å². The normalized spacial score (nSPS) is 14.3. The highest BCUT2D eigenvalue weighted by atomic mass is 19.2. The number of nitrogens with zero attached hydrogens (tertiary/aromatic N) is 3. The van der Waals surface area contributed by atoms with E-state index >= 15 is 0 Å². The molecule has 0 fully saturated rings. The fourth-order valence-electron chi connectivity index (χ4n) is 3.25. The molecule has 26 heavy (non-hydrogen) atoms. The van der Waals surface area contributed by atoms with Gasteiger partial charge in [-0.25, -0.2) is 8.78 Å². The zero-order chi connectivity index (χ0) is 18.7. The van der Waals surface area contributed by atoms with E-state index < -0.39 is 11.6 Å². The minimum absolute atomic E-state index is 0.0974. The van der Waals surface area contributed by atoms with Crippen LogP contribution in [0.5, 0.6) is 0 Å². The minimum atomic E-state index is -0.990. The molecule has 1 amide bonds. The van der Waals surface area contributed by atoms with E-state index in [1.54, 1.807) is 0 Å². The summed E-state index contributed by atoms with van der Waals surface area (Å²) >= 11 is 0. The lowest BCUT2D eigenvalue weighted by atomic mass is 10.0. The van der Waals surface area contributed by atoms with Gasteiger partial charge in [0.05, 0.1) is 12.3 Å². The van der Waals surface area contributed by atoms with Crippen LogP contribution in [0.3, 0.4) is 0 Å². The number of carbonyl (C=O) groups is 1. The van der Waals surface area contributed by atoms with Crippen molar-refractivity contribution in [2.75, 3.05) is 18.4 Å². The quantitative estimate of drug-likeness (QED) is 0.823. The standard InChI is InChI=1S/C18H22F2N4O2/c1-2-24-17-5-7-23(10-13(17)16(11-25)22-24)8-6-18(26)21-12-3-4-14(19)15(20)9-12/h3-4,9,25H,2,5-8,10-11H2,1H3,(H,21,26). The van der Waals surface area contributed by atoms with Crippen LogP contribution < -0.4 is 5.32 Å². The average molecular weight is 364 g/mol. The van der Waals surface area contributed by atoms with Crippen LogP contribution in [0.15, 0.2) is 18.2 Å². The third-order valence-electron chi connectivity index (χ3n) is 4.60. The predicted octanol–water partition coefficient (Wildman–Crippen LogP) is 2.06. The molecule has 0 bridgehead atoms. The van der Waals surface area contributed by atoms with Crippen LogP contribution in [-0.4, -0.2) is 38.8 Å². The summed E-state index contributed by atoms with van der Waals surface area (Å²) in [6, 6.07) is 3.28. The Morgan fingerprint density at radius 3 is 2.85 bits per heavy atom. The SMILES string of the molecule is CCn1nc(CO)c2c1CCN(CCC(=O)Nc1ccc(F)c(F)c1)C2.